The van der Waals surface area contributed by atoms with Crippen LogP contribution in [0.25, 0.3) is 0 Å². The molecule has 0 amide bonds. The van der Waals surface area contributed by atoms with Crippen molar-refractivity contribution in [2.24, 2.45) is 0 Å². The van der Waals surface area contributed by atoms with Crippen LogP contribution in [-0.2, 0) is 0 Å². The second-order valence-electron chi connectivity index (χ2n) is 3.65. The highest BCUT2D eigenvalue weighted by Gasteiger charge is 2.08. The van der Waals surface area contributed by atoms with Gasteiger partial charge in [0.05, 0.1) is 6.61 Å². The van der Waals surface area contributed by atoms with Gasteiger partial charge < -0.3 is 10.1 Å². The van der Waals surface area contributed by atoms with E-state index in [4.69, 9.17) is 4.74 Å². The second kappa shape index (κ2) is 6.43. The predicted octanol–water partition coefficient (Wildman–Crippen LogP) is 2.73. The Bertz CT molecular complexity index is 331. The van der Waals surface area contributed by atoms with Gasteiger partial charge >= 0.3 is 0 Å². The Morgan fingerprint density at radius 1 is 1.38 bits per heavy atom. The van der Waals surface area contributed by atoms with Gasteiger partial charge in [0.2, 0.25) is 5.82 Å². The minimum absolute atomic E-state index is 0.0244. The van der Waals surface area contributed by atoms with E-state index in [1.54, 1.807) is 0 Å². The topological polar surface area (TPSA) is 21.3 Å². The summed E-state index contributed by atoms with van der Waals surface area (Å²) in [5, 5.41) is 3.21. The maximum Gasteiger partial charge on any atom is 0.200 e. The standard InChI is InChI=1S/C12H17F2NO/c1-3-15-9(2)7-8-16-11-6-4-5-10(13)12(11)14/h4-6,9,15H,3,7-8H2,1-2H3. The molecule has 2 nitrogen and oxygen atoms in total. The number of ether oxygens (including phenoxy) is 1. The Labute approximate surface area is 94.6 Å². The highest BCUT2D eigenvalue weighted by Crippen LogP contribution is 2.19. The molecular formula is C12H17F2NO. The Hall–Kier alpha value is -1.16. The fourth-order valence-corrected chi connectivity index (χ4v) is 1.39. The Morgan fingerprint density at radius 2 is 2.12 bits per heavy atom. The summed E-state index contributed by atoms with van der Waals surface area (Å²) in [5.74, 6) is -1.82. The van der Waals surface area contributed by atoms with E-state index >= 15 is 0 Å². The maximum atomic E-state index is 13.2. The van der Waals surface area contributed by atoms with Crippen LogP contribution in [0.5, 0.6) is 5.75 Å². The van der Waals surface area contributed by atoms with Crippen molar-refractivity contribution in [1.82, 2.24) is 5.32 Å². The number of nitrogens with one attached hydrogen (secondary N) is 1. The van der Waals surface area contributed by atoms with Gasteiger partial charge in [-0.1, -0.05) is 13.0 Å². The molecular weight excluding hydrogens is 212 g/mol. The van der Waals surface area contributed by atoms with Crippen LogP contribution in [0.1, 0.15) is 20.3 Å². The van der Waals surface area contributed by atoms with Crippen molar-refractivity contribution in [3.63, 3.8) is 0 Å². The maximum absolute atomic E-state index is 13.2. The fraction of sp³-hybridized carbons (Fsp3) is 0.500. The van der Waals surface area contributed by atoms with E-state index in [2.05, 4.69) is 5.32 Å². The summed E-state index contributed by atoms with van der Waals surface area (Å²) in [6.45, 7) is 5.29. The zero-order chi connectivity index (χ0) is 12.0. The van der Waals surface area contributed by atoms with Gasteiger partial charge in [0.25, 0.3) is 0 Å². The first-order valence-corrected chi connectivity index (χ1v) is 5.45. The molecule has 0 aliphatic rings. The fourth-order valence-electron chi connectivity index (χ4n) is 1.39. The van der Waals surface area contributed by atoms with Gasteiger partial charge in [0.15, 0.2) is 11.6 Å². The van der Waals surface area contributed by atoms with Crippen molar-refractivity contribution < 1.29 is 13.5 Å². The van der Waals surface area contributed by atoms with E-state index < -0.39 is 11.6 Å². The molecule has 90 valence electrons. The molecule has 1 atom stereocenters. The summed E-state index contributed by atoms with van der Waals surface area (Å²) in [6, 6.07) is 4.24. The molecule has 0 saturated carbocycles. The summed E-state index contributed by atoms with van der Waals surface area (Å²) in [6.07, 6.45) is 0.754. The zero-order valence-corrected chi connectivity index (χ0v) is 9.59. The molecule has 4 heteroatoms. The van der Waals surface area contributed by atoms with Crippen molar-refractivity contribution in [1.29, 1.82) is 0 Å². The molecule has 0 heterocycles. The normalized spacial score (nSPS) is 12.5. The van der Waals surface area contributed by atoms with Crippen LogP contribution in [0.15, 0.2) is 18.2 Å². The lowest BCUT2D eigenvalue weighted by Crippen LogP contribution is -2.27. The van der Waals surface area contributed by atoms with E-state index in [0.717, 1.165) is 19.0 Å². The van der Waals surface area contributed by atoms with Gasteiger partial charge in [-0.25, -0.2) is 4.39 Å². The first kappa shape index (κ1) is 12.9. The van der Waals surface area contributed by atoms with Crippen LogP contribution in [0.2, 0.25) is 0 Å². The highest BCUT2D eigenvalue weighted by molar-refractivity contribution is 5.24. The van der Waals surface area contributed by atoms with Crippen molar-refractivity contribution in [2.45, 2.75) is 26.3 Å². The molecule has 16 heavy (non-hydrogen) atoms. The quantitative estimate of drug-likeness (QED) is 0.809. The van der Waals surface area contributed by atoms with E-state index in [9.17, 15) is 8.78 Å². The summed E-state index contributed by atoms with van der Waals surface area (Å²) >= 11 is 0. The molecule has 1 unspecified atom stereocenters. The summed E-state index contributed by atoms with van der Waals surface area (Å²) < 4.78 is 31.2. The molecule has 1 N–H and O–H groups in total. The molecule has 1 aromatic carbocycles. The first-order chi connectivity index (χ1) is 7.65. The van der Waals surface area contributed by atoms with Gasteiger partial charge in [-0.15, -0.1) is 0 Å². The largest absolute Gasteiger partial charge is 0.490 e. The molecule has 0 aromatic heterocycles. The molecule has 0 saturated heterocycles. The van der Waals surface area contributed by atoms with E-state index in [1.165, 1.54) is 12.1 Å². The molecule has 0 radical (unpaired) electrons. The minimum Gasteiger partial charge on any atom is -0.490 e. The second-order valence-corrected chi connectivity index (χ2v) is 3.65. The molecule has 0 aliphatic heterocycles. The lowest BCUT2D eigenvalue weighted by atomic mass is 10.2. The van der Waals surface area contributed by atoms with Gasteiger partial charge in [0, 0.05) is 6.04 Å². The highest BCUT2D eigenvalue weighted by atomic mass is 19.2. The van der Waals surface area contributed by atoms with Gasteiger partial charge in [-0.05, 0) is 32.0 Å². The van der Waals surface area contributed by atoms with Crippen molar-refractivity contribution in [3.8, 4) is 5.75 Å². The Balaban J connectivity index is 2.40. The lowest BCUT2D eigenvalue weighted by Gasteiger charge is -2.13. The Kier molecular flexibility index (Phi) is 5.19. The third-order valence-electron chi connectivity index (χ3n) is 2.28. The molecule has 1 rings (SSSR count). The third kappa shape index (κ3) is 3.77. The zero-order valence-electron chi connectivity index (χ0n) is 9.59. The van der Waals surface area contributed by atoms with Crippen LogP contribution in [-0.4, -0.2) is 19.2 Å². The number of rotatable bonds is 6. The number of halogens is 2. The average Bonchev–Trinajstić information content (AvgIpc) is 2.25. The Morgan fingerprint density at radius 3 is 2.81 bits per heavy atom. The molecule has 0 aliphatic carbocycles. The lowest BCUT2D eigenvalue weighted by molar-refractivity contribution is 0.274. The average molecular weight is 229 g/mol. The minimum atomic E-state index is -0.918. The van der Waals surface area contributed by atoms with E-state index in [0.29, 0.717) is 12.6 Å². The monoisotopic (exact) mass is 229 g/mol. The number of benzene rings is 1. The van der Waals surface area contributed by atoms with Gasteiger partial charge in [-0.2, -0.15) is 4.39 Å². The van der Waals surface area contributed by atoms with Crippen LogP contribution in [0.4, 0.5) is 8.78 Å². The summed E-state index contributed by atoms with van der Waals surface area (Å²) in [7, 11) is 0. The van der Waals surface area contributed by atoms with Crippen LogP contribution >= 0.6 is 0 Å². The van der Waals surface area contributed by atoms with Gasteiger partial charge in [0.1, 0.15) is 0 Å². The molecule has 0 bridgehead atoms. The van der Waals surface area contributed by atoms with Crippen molar-refractivity contribution >= 4 is 0 Å². The number of hydrogen-bond donors (Lipinski definition) is 1. The van der Waals surface area contributed by atoms with Crippen LogP contribution in [0, 0.1) is 11.6 Å². The smallest absolute Gasteiger partial charge is 0.200 e. The van der Waals surface area contributed by atoms with Crippen LogP contribution in [0.3, 0.4) is 0 Å². The van der Waals surface area contributed by atoms with Crippen LogP contribution < -0.4 is 10.1 Å². The number of hydrogen-bond acceptors (Lipinski definition) is 2. The predicted molar refractivity (Wildman–Crippen MR) is 59.6 cm³/mol. The molecule has 0 spiro atoms. The molecule has 0 fully saturated rings. The summed E-state index contributed by atoms with van der Waals surface area (Å²) in [5.41, 5.74) is 0. The summed E-state index contributed by atoms with van der Waals surface area (Å²) in [4.78, 5) is 0. The van der Waals surface area contributed by atoms with E-state index in [-0.39, 0.29) is 5.75 Å². The van der Waals surface area contributed by atoms with E-state index in [1.807, 2.05) is 13.8 Å². The van der Waals surface area contributed by atoms with Gasteiger partial charge in [-0.3, -0.25) is 0 Å². The SMILES string of the molecule is CCNC(C)CCOc1cccc(F)c1F. The van der Waals surface area contributed by atoms with Crippen molar-refractivity contribution in [2.75, 3.05) is 13.2 Å². The first-order valence-electron chi connectivity index (χ1n) is 5.45. The van der Waals surface area contributed by atoms with Crippen molar-refractivity contribution in [3.05, 3.63) is 29.8 Å². The molecule has 1 aromatic rings. The third-order valence-corrected chi connectivity index (χ3v) is 2.28.